The van der Waals surface area contributed by atoms with Crippen molar-refractivity contribution in [1.29, 1.82) is 0 Å². The lowest BCUT2D eigenvalue weighted by Crippen LogP contribution is -1.95. The lowest BCUT2D eigenvalue weighted by atomic mass is 10.2. The summed E-state index contributed by atoms with van der Waals surface area (Å²) in [5.41, 5.74) is 8.98. The number of nitrogen functional groups attached to an aromatic ring is 1. The Hall–Kier alpha value is -2.42. The fourth-order valence-electron chi connectivity index (χ4n) is 2.23. The van der Waals surface area contributed by atoms with Gasteiger partial charge in [0.2, 0.25) is 0 Å². The van der Waals surface area contributed by atoms with Crippen LogP contribution >= 0.6 is 0 Å². The molecule has 0 spiro atoms. The summed E-state index contributed by atoms with van der Waals surface area (Å²) in [6.45, 7) is 0.576. The van der Waals surface area contributed by atoms with Gasteiger partial charge in [-0.25, -0.2) is 0 Å². The molecule has 96 valence electrons. The van der Waals surface area contributed by atoms with Crippen LogP contribution in [0.2, 0.25) is 0 Å². The van der Waals surface area contributed by atoms with Crippen molar-refractivity contribution in [2.75, 3.05) is 5.73 Å². The largest absolute Gasteiger partial charge is 0.489 e. The van der Waals surface area contributed by atoms with Crippen LogP contribution in [0.3, 0.4) is 0 Å². The highest BCUT2D eigenvalue weighted by Gasteiger charge is 2.05. The van der Waals surface area contributed by atoms with E-state index in [0.717, 1.165) is 27.9 Å². The molecule has 3 rings (SSSR count). The number of nitrogens with two attached hydrogens (primary N) is 1. The third-order valence-corrected chi connectivity index (χ3v) is 3.24. The maximum atomic E-state index is 5.93. The van der Waals surface area contributed by atoms with Crippen LogP contribution in [0.15, 0.2) is 54.7 Å². The Bertz CT molecular complexity index is 701. The van der Waals surface area contributed by atoms with Gasteiger partial charge in [-0.15, -0.1) is 0 Å². The second-order valence-electron chi connectivity index (χ2n) is 4.65. The van der Waals surface area contributed by atoms with E-state index in [1.165, 1.54) is 0 Å². The second-order valence-corrected chi connectivity index (χ2v) is 4.65. The van der Waals surface area contributed by atoms with Crippen molar-refractivity contribution < 1.29 is 4.74 Å². The zero-order valence-electron chi connectivity index (χ0n) is 10.8. The van der Waals surface area contributed by atoms with Crippen molar-refractivity contribution >= 4 is 16.6 Å². The number of aromatic nitrogens is 1. The molecule has 0 amide bonds. The standard InChI is InChI=1S/C16H16N2O/c1-18-10-15(17)14-8-7-13(9-16(14)18)19-11-12-5-3-2-4-6-12/h2-10H,11,17H2,1H3. The van der Waals surface area contributed by atoms with E-state index < -0.39 is 0 Å². The number of nitrogens with zero attached hydrogens (tertiary/aromatic N) is 1. The number of ether oxygens (including phenoxy) is 1. The highest BCUT2D eigenvalue weighted by atomic mass is 16.5. The van der Waals surface area contributed by atoms with Gasteiger partial charge in [-0.3, -0.25) is 0 Å². The number of rotatable bonds is 3. The average molecular weight is 252 g/mol. The summed E-state index contributed by atoms with van der Waals surface area (Å²) in [6.07, 6.45) is 1.92. The average Bonchev–Trinajstić information content (AvgIpc) is 2.73. The fraction of sp³-hybridized carbons (Fsp3) is 0.125. The normalized spacial score (nSPS) is 10.8. The molecule has 3 aromatic rings. The Morgan fingerprint density at radius 1 is 1.11 bits per heavy atom. The van der Waals surface area contributed by atoms with Crippen LogP contribution in [0.4, 0.5) is 5.69 Å². The van der Waals surface area contributed by atoms with Crippen LogP contribution in [-0.2, 0) is 13.7 Å². The third kappa shape index (κ3) is 2.27. The van der Waals surface area contributed by atoms with Crippen molar-refractivity contribution in [1.82, 2.24) is 4.57 Å². The van der Waals surface area contributed by atoms with Gasteiger partial charge < -0.3 is 15.0 Å². The molecular weight excluding hydrogens is 236 g/mol. The molecule has 3 heteroatoms. The van der Waals surface area contributed by atoms with E-state index in [1.54, 1.807) is 0 Å². The van der Waals surface area contributed by atoms with Gasteiger partial charge in [-0.2, -0.15) is 0 Å². The van der Waals surface area contributed by atoms with Gasteiger partial charge in [0.1, 0.15) is 12.4 Å². The Balaban J connectivity index is 1.84. The molecular formula is C16H16N2O. The van der Waals surface area contributed by atoms with E-state index in [2.05, 4.69) is 12.1 Å². The second kappa shape index (κ2) is 4.69. The Morgan fingerprint density at radius 2 is 1.89 bits per heavy atom. The van der Waals surface area contributed by atoms with Crippen molar-refractivity contribution in [3.63, 3.8) is 0 Å². The van der Waals surface area contributed by atoms with Crippen molar-refractivity contribution in [2.45, 2.75) is 6.61 Å². The molecule has 0 saturated carbocycles. The van der Waals surface area contributed by atoms with Crippen molar-refractivity contribution in [3.8, 4) is 5.75 Å². The van der Waals surface area contributed by atoms with E-state index in [1.807, 2.05) is 54.2 Å². The zero-order chi connectivity index (χ0) is 13.2. The maximum Gasteiger partial charge on any atom is 0.121 e. The fourth-order valence-corrected chi connectivity index (χ4v) is 2.23. The first-order valence-electron chi connectivity index (χ1n) is 6.25. The van der Waals surface area contributed by atoms with Crippen molar-refractivity contribution in [3.05, 3.63) is 60.3 Å². The molecule has 2 aromatic carbocycles. The summed E-state index contributed by atoms with van der Waals surface area (Å²) >= 11 is 0. The number of anilines is 1. The van der Waals surface area contributed by atoms with Crippen LogP contribution in [0.25, 0.3) is 10.9 Å². The Morgan fingerprint density at radius 3 is 2.68 bits per heavy atom. The molecule has 0 aliphatic rings. The van der Waals surface area contributed by atoms with E-state index in [4.69, 9.17) is 10.5 Å². The number of benzene rings is 2. The first kappa shape index (κ1) is 11.7. The van der Waals surface area contributed by atoms with Gasteiger partial charge in [-0.1, -0.05) is 30.3 Å². The summed E-state index contributed by atoms with van der Waals surface area (Å²) in [5, 5.41) is 1.06. The van der Waals surface area contributed by atoms with Crippen LogP contribution in [0, 0.1) is 0 Å². The molecule has 0 aliphatic heterocycles. The lowest BCUT2D eigenvalue weighted by molar-refractivity contribution is 0.306. The van der Waals surface area contributed by atoms with Crippen LogP contribution in [-0.4, -0.2) is 4.57 Å². The van der Waals surface area contributed by atoms with Gasteiger partial charge in [0.25, 0.3) is 0 Å². The van der Waals surface area contributed by atoms with Crippen LogP contribution in [0.5, 0.6) is 5.75 Å². The minimum absolute atomic E-state index is 0.576. The molecule has 1 heterocycles. The zero-order valence-corrected chi connectivity index (χ0v) is 10.8. The molecule has 0 saturated heterocycles. The highest BCUT2D eigenvalue weighted by molar-refractivity contribution is 5.92. The number of fused-ring (bicyclic) bond motifs is 1. The van der Waals surface area contributed by atoms with Gasteiger partial charge in [-0.05, 0) is 17.7 Å². The Labute approximate surface area is 112 Å². The molecule has 0 unspecified atom stereocenters. The molecule has 2 N–H and O–H groups in total. The van der Waals surface area contributed by atoms with Gasteiger partial charge in [0, 0.05) is 24.7 Å². The summed E-state index contributed by atoms with van der Waals surface area (Å²) in [5.74, 6) is 0.859. The summed E-state index contributed by atoms with van der Waals surface area (Å²) in [7, 11) is 1.99. The van der Waals surface area contributed by atoms with Gasteiger partial charge in [0.05, 0.1) is 11.2 Å². The molecule has 0 bridgehead atoms. The van der Waals surface area contributed by atoms with Crippen LogP contribution in [0.1, 0.15) is 5.56 Å². The predicted molar refractivity (Wildman–Crippen MR) is 78.1 cm³/mol. The number of hydrogen-bond donors (Lipinski definition) is 1. The molecule has 0 fully saturated rings. The van der Waals surface area contributed by atoms with Crippen LogP contribution < -0.4 is 10.5 Å². The van der Waals surface area contributed by atoms with Gasteiger partial charge >= 0.3 is 0 Å². The Kier molecular flexibility index (Phi) is 2.88. The maximum absolute atomic E-state index is 5.93. The molecule has 3 nitrogen and oxygen atoms in total. The first-order valence-corrected chi connectivity index (χ1v) is 6.25. The number of hydrogen-bond acceptors (Lipinski definition) is 2. The predicted octanol–water partition coefficient (Wildman–Crippen LogP) is 3.34. The number of aryl methyl sites for hydroxylation is 1. The minimum Gasteiger partial charge on any atom is -0.489 e. The SMILES string of the molecule is Cn1cc(N)c2ccc(OCc3ccccc3)cc21. The van der Waals surface area contributed by atoms with E-state index in [-0.39, 0.29) is 0 Å². The smallest absolute Gasteiger partial charge is 0.121 e. The van der Waals surface area contributed by atoms with E-state index in [0.29, 0.717) is 6.61 Å². The topological polar surface area (TPSA) is 40.2 Å². The molecule has 0 aliphatic carbocycles. The molecule has 1 aromatic heterocycles. The summed E-state index contributed by atoms with van der Waals surface area (Å²) < 4.78 is 7.82. The molecule has 0 radical (unpaired) electrons. The quantitative estimate of drug-likeness (QED) is 0.776. The monoisotopic (exact) mass is 252 g/mol. The molecule has 0 atom stereocenters. The lowest BCUT2D eigenvalue weighted by Gasteiger charge is -2.07. The minimum atomic E-state index is 0.576. The van der Waals surface area contributed by atoms with E-state index >= 15 is 0 Å². The van der Waals surface area contributed by atoms with Gasteiger partial charge in [0.15, 0.2) is 0 Å². The third-order valence-electron chi connectivity index (χ3n) is 3.24. The van der Waals surface area contributed by atoms with E-state index in [9.17, 15) is 0 Å². The summed E-state index contributed by atoms with van der Waals surface area (Å²) in [6, 6.07) is 16.1. The summed E-state index contributed by atoms with van der Waals surface area (Å²) in [4.78, 5) is 0. The molecule has 19 heavy (non-hydrogen) atoms. The first-order chi connectivity index (χ1) is 9.24. The van der Waals surface area contributed by atoms with Crippen molar-refractivity contribution in [2.24, 2.45) is 7.05 Å². The highest BCUT2D eigenvalue weighted by Crippen LogP contribution is 2.26.